The van der Waals surface area contributed by atoms with Crippen LogP contribution in [-0.4, -0.2) is 52.3 Å². The molecule has 14 heteroatoms. The number of aromatic carboxylic acids is 3. The maximum Gasteiger partial charge on any atom is 0.126 e. The summed E-state index contributed by atoms with van der Waals surface area (Å²) in [5, 5.41) is 31.7. The molecule has 4 aromatic rings. The van der Waals surface area contributed by atoms with Crippen LogP contribution in [0.3, 0.4) is 0 Å². The van der Waals surface area contributed by atoms with Crippen molar-refractivity contribution in [2.24, 2.45) is 0 Å². The summed E-state index contributed by atoms with van der Waals surface area (Å²) in [5.74, 6) is -3.30. The van der Waals surface area contributed by atoms with E-state index in [2.05, 4.69) is 6.07 Å². The zero-order valence-electron chi connectivity index (χ0n) is 21.1. The van der Waals surface area contributed by atoms with Crippen LogP contribution in [0.15, 0.2) is 78.9 Å². The molecule has 0 aliphatic carbocycles. The molecule has 4 rings (SSSR count). The first-order valence-corrected chi connectivity index (χ1v) is 13.0. The summed E-state index contributed by atoms with van der Waals surface area (Å²) in [7, 11) is 1.63. The predicted molar refractivity (Wildman–Crippen MR) is 160 cm³/mol. The van der Waals surface area contributed by atoms with Crippen LogP contribution in [0.25, 0.3) is 0 Å². The fraction of sp³-hybridized carbons (Fsp3) is 0.0357. The van der Waals surface area contributed by atoms with Crippen LogP contribution in [0.5, 0.6) is 5.75 Å². The first-order valence-electron chi connectivity index (χ1n) is 10.8. The van der Waals surface area contributed by atoms with Crippen molar-refractivity contribution in [2.45, 2.75) is 0 Å². The van der Waals surface area contributed by atoms with Crippen molar-refractivity contribution in [1.82, 2.24) is 0 Å². The Morgan fingerprint density at radius 1 is 0.548 bits per heavy atom. The van der Waals surface area contributed by atoms with Gasteiger partial charge in [0.15, 0.2) is 0 Å². The molecule has 0 amide bonds. The number of halogens is 6. The van der Waals surface area contributed by atoms with Crippen LogP contribution in [0.4, 0.5) is 0 Å². The molecule has 0 saturated heterocycles. The van der Waals surface area contributed by atoms with E-state index in [0.29, 0.717) is 0 Å². The first-order chi connectivity index (χ1) is 19.3. The van der Waals surface area contributed by atoms with Gasteiger partial charge in [0.2, 0.25) is 0 Å². The molecule has 42 heavy (non-hydrogen) atoms. The molecule has 4 aromatic carbocycles. The average Bonchev–Trinajstić information content (AvgIpc) is 2.89. The summed E-state index contributed by atoms with van der Waals surface area (Å²) >= 11 is 33.1. The van der Waals surface area contributed by atoms with E-state index >= 15 is 0 Å². The molecule has 0 heterocycles. The Hall–Kier alpha value is -2.25. The first kappa shape index (κ1) is 39.8. The minimum atomic E-state index is -1.36. The van der Waals surface area contributed by atoms with Crippen LogP contribution < -0.4 is 20.1 Å². The van der Waals surface area contributed by atoms with E-state index in [1.54, 1.807) is 25.3 Å². The SMILES string of the molecule is COc1[c]cccc1.O=C([O-])c1c(Cl)cccc1Cl.O=C([O-])c1c(Cl)cccc1Cl.O=C([O-])c1c(Cl)cccc1Cl.[Pb]. The third-order valence-electron chi connectivity index (χ3n) is 4.40. The van der Waals surface area contributed by atoms with Crippen LogP contribution >= 0.6 is 69.6 Å². The Bertz CT molecular complexity index is 1280. The average molecular weight is 884 g/mol. The maximum atomic E-state index is 10.4. The molecule has 0 aliphatic heterocycles. The minimum absolute atomic E-state index is 0. The van der Waals surface area contributed by atoms with Crippen molar-refractivity contribution in [3.05, 3.63) is 132 Å². The van der Waals surface area contributed by atoms with Gasteiger partial charge in [-0.15, -0.1) is 0 Å². The standard InChI is InChI=1S/3C7H4Cl2O2.C7H7O.Pb/c3*8-4-2-1-3-5(9)6(4)7(10)11;1-8-7-5-3-2-4-6-7;/h3*1-3H,(H,10,11);2-5H,1H3;/p-3. The molecule has 0 aliphatic rings. The van der Waals surface area contributed by atoms with Gasteiger partial charge in [-0.05, 0) is 42.5 Å². The van der Waals surface area contributed by atoms with Gasteiger partial charge in [0.25, 0.3) is 0 Å². The number of benzene rings is 4. The summed E-state index contributed by atoms with van der Waals surface area (Å²) in [6.45, 7) is 0. The van der Waals surface area contributed by atoms with E-state index in [0.717, 1.165) is 5.75 Å². The second-order valence-electron chi connectivity index (χ2n) is 7.08. The number of ether oxygens (including phenoxy) is 1. The van der Waals surface area contributed by atoms with E-state index in [1.807, 2.05) is 24.3 Å². The van der Waals surface area contributed by atoms with Gasteiger partial charge in [0, 0.05) is 50.1 Å². The number of para-hydroxylation sites is 1. The third-order valence-corrected chi connectivity index (χ3v) is 6.29. The third kappa shape index (κ3) is 13.4. The number of carbonyl (C=O) groups excluding carboxylic acids is 3. The van der Waals surface area contributed by atoms with Crippen molar-refractivity contribution in [3.63, 3.8) is 0 Å². The molecule has 7 nitrogen and oxygen atoms in total. The fourth-order valence-corrected chi connectivity index (χ4v) is 4.24. The Labute approximate surface area is 291 Å². The smallest absolute Gasteiger partial charge is 0.126 e. The number of carboxylic acids is 3. The molecule has 0 unspecified atom stereocenters. The molecule has 0 bridgehead atoms. The number of hydrogen-bond acceptors (Lipinski definition) is 7. The topological polar surface area (TPSA) is 130 Å². The predicted octanol–water partition coefficient (Wildman–Crippen LogP) is 5.19. The molecular weight excluding hydrogens is 868 g/mol. The summed E-state index contributed by atoms with van der Waals surface area (Å²) in [4.78, 5) is 31.1. The van der Waals surface area contributed by atoms with Crippen molar-refractivity contribution < 1.29 is 34.4 Å². The van der Waals surface area contributed by atoms with Gasteiger partial charge in [-0.3, -0.25) is 0 Å². The second kappa shape index (κ2) is 20.6. The molecule has 5 radical (unpaired) electrons. The van der Waals surface area contributed by atoms with Crippen molar-refractivity contribution in [3.8, 4) is 5.75 Å². The molecule has 0 atom stereocenters. The zero-order chi connectivity index (χ0) is 31.1. The van der Waals surface area contributed by atoms with Gasteiger partial charge in [-0.25, -0.2) is 0 Å². The molecule has 219 valence electrons. The normalized spacial score (nSPS) is 9.21. The monoisotopic (exact) mass is 882 g/mol. The zero-order valence-corrected chi connectivity index (χ0v) is 29.6. The molecular formula is C28H16Cl6O7Pb-3. The minimum Gasteiger partial charge on any atom is -0.545 e. The largest absolute Gasteiger partial charge is 0.545 e. The van der Waals surface area contributed by atoms with E-state index in [9.17, 15) is 29.7 Å². The summed E-state index contributed by atoms with van der Waals surface area (Å²) in [5.41, 5.74) is -0.470. The van der Waals surface area contributed by atoms with E-state index in [4.69, 9.17) is 74.3 Å². The van der Waals surface area contributed by atoms with E-state index < -0.39 is 17.9 Å². The van der Waals surface area contributed by atoms with Gasteiger partial charge in [-0.1, -0.05) is 106 Å². The Morgan fingerprint density at radius 3 is 0.976 bits per heavy atom. The van der Waals surface area contributed by atoms with Gasteiger partial charge in [0.1, 0.15) is 5.75 Å². The fourth-order valence-electron chi connectivity index (χ4n) is 2.58. The van der Waals surface area contributed by atoms with Gasteiger partial charge < -0.3 is 34.4 Å². The number of rotatable bonds is 4. The maximum absolute atomic E-state index is 10.4. The van der Waals surface area contributed by atoms with E-state index in [1.165, 1.54) is 36.4 Å². The van der Waals surface area contributed by atoms with Crippen LogP contribution in [0.1, 0.15) is 31.1 Å². The van der Waals surface area contributed by atoms with Crippen molar-refractivity contribution >= 4 is 115 Å². The molecule has 0 N–H and O–H groups in total. The van der Waals surface area contributed by atoms with Crippen LogP contribution in [0, 0.1) is 6.07 Å². The van der Waals surface area contributed by atoms with Gasteiger partial charge in [-0.2, -0.15) is 0 Å². The Morgan fingerprint density at radius 2 is 0.833 bits per heavy atom. The van der Waals surface area contributed by atoms with Crippen LogP contribution in [-0.2, 0) is 0 Å². The van der Waals surface area contributed by atoms with Gasteiger partial charge >= 0.3 is 0 Å². The quantitative estimate of drug-likeness (QED) is 0.259. The number of hydrogen-bond donors (Lipinski definition) is 0. The Balaban J connectivity index is 0.000000533. The summed E-state index contributed by atoms with van der Waals surface area (Å²) in [6, 6.07) is 23.8. The molecule has 0 saturated carbocycles. The number of carboxylic acid groups (broad SMARTS) is 3. The Kier molecular flexibility index (Phi) is 19.5. The van der Waals surface area contributed by atoms with Gasteiger partial charge in [0.05, 0.1) is 55.2 Å². The number of carbonyl (C=O) groups is 3. The van der Waals surface area contributed by atoms with Crippen molar-refractivity contribution in [2.75, 3.05) is 7.11 Å². The second-order valence-corrected chi connectivity index (χ2v) is 9.53. The summed E-state index contributed by atoms with van der Waals surface area (Å²) in [6.07, 6.45) is 0. The van der Waals surface area contributed by atoms with Crippen LogP contribution in [0.2, 0.25) is 30.1 Å². The van der Waals surface area contributed by atoms with E-state index in [-0.39, 0.29) is 74.1 Å². The molecule has 0 spiro atoms. The molecule has 0 fully saturated rings. The number of methoxy groups -OCH3 is 1. The molecule has 0 aromatic heterocycles. The summed E-state index contributed by atoms with van der Waals surface area (Å²) < 4.78 is 4.86. The van der Waals surface area contributed by atoms with Crippen molar-refractivity contribution in [1.29, 1.82) is 0 Å².